The van der Waals surface area contributed by atoms with Gasteiger partial charge in [-0.25, -0.2) is 14.2 Å². The normalized spacial score (nSPS) is 10.3. The number of nitriles is 1. The maximum Gasteiger partial charge on any atom is 0.319 e. The van der Waals surface area contributed by atoms with E-state index in [4.69, 9.17) is 0 Å². The molecule has 1 heterocycles. The topological polar surface area (TPSA) is 89.8 Å². The monoisotopic (exact) mass is 363 g/mol. The molecule has 0 atom stereocenters. The molecule has 0 aliphatic carbocycles. The minimum Gasteiger partial charge on any atom is -0.367 e. The fourth-order valence-corrected chi connectivity index (χ4v) is 2.58. The first-order valence-corrected chi connectivity index (χ1v) is 8.41. The number of fused-ring (bicyclic) bond motifs is 1. The van der Waals surface area contributed by atoms with Crippen LogP contribution in [0.3, 0.4) is 0 Å². The Hall–Kier alpha value is -3.66. The number of aromatic nitrogens is 1. The molecule has 0 saturated heterocycles. The van der Waals surface area contributed by atoms with E-state index in [1.54, 1.807) is 6.07 Å². The second kappa shape index (κ2) is 8.15. The van der Waals surface area contributed by atoms with E-state index in [1.807, 2.05) is 25.1 Å². The van der Waals surface area contributed by atoms with Gasteiger partial charge in [-0.1, -0.05) is 11.6 Å². The van der Waals surface area contributed by atoms with Crippen LogP contribution in [-0.4, -0.2) is 24.1 Å². The molecular formula is C20H18FN5O. The van der Waals surface area contributed by atoms with E-state index in [0.717, 1.165) is 16.5 Å². The van der Waals surface area contributed by atoms with E-state index in [9.17, 15) is 14.4 Å². The van der Waals surface area contributed by atoms with Crippen LogP contribution in [0.2, 0.25) is 0 Å². The van der Waals surface area contributed by atoms with Gasteiger partial charge >= 0.3 is 6.03 Å². The summed E-state index contributed by atoms with van der Waals surface area (Å²) >= 11 is 0. The molecule has 1 aromatic heterocycles. The summed E-state index contributed by atoms with van der Waals surface area (Å²) in [6.07, 6.45) is 0. The van der Waals surface area contributed by atoms with Crippen molar-refractivity contribution in [2.45, 2.75) is 6.92 Å². The average Bonchev–Trinajstić information content (AvgIpc) is 2.66. The number of carbonyl (C=O) groups excluding carboxylic acids is 1. The number of aryl methyl sites for hydroxylation is 1. The number of nitrogens with zero attached hydrogens (tertiary/aromatic N) is 2. The van der Waals surface area contributed by atoms with Crippen LogP contribution in [0.15, 0.2) is 48.5 Å². The Kier molecular flexibility index (Phi) is 5.47. The number of pyridine rings is 1. The molecule has 0 fully saturated rings. The molecule has 0 aliphatic heterocycles. The summed E-state index contributed by atoms with van der Waals surface area (Å²) in [5, 5.41) is 18.6. The van der Waals surface area contributed by atoms with E-state index in [2.05, 4.69) is 27.0 Å². The summed E-state index contributed by atoms with van der Waals surface area (Å²) < 4.78 is 12.8. The number of nitrogens with one attached hydrogen (secondary N) is 3. The quantitative estimate of drug-likeness (QED) is 0.602. The number of urea groups is 1. The van der Waals surface area contributed by atoms with Crippen LogP contribution < -0.4 is 16.0 Å². The van der Waals surface area contributed by atoms with E-state index in [1.165, 1.54) is 24.3 Å². The lowest BCUT2D eigenvalue weighted by molar-refractivity contribution is 0.252. The number of hydrogen-bond acceptors (Lipinski definition) is 4. The van der Waals surface area contributed by atoms with E-state index >= 15 is 0 Å². The van der Waals surface area contributed by atoms with E-state index in [-0.39, 0.29) is 5.82 Å². The second-order valence-corrected chi connectivity index (χ2v) is 6.01. The molecule has 0 spiro atoms. The van der Waals surface area contributed by atoms with Crippen LogP contribution in [0.25, 0.3) is 10.9 Å². The lowest BCUT2D eigenvalue weighted by atomic mass is 10.1. The maximum atomic E-state index is 12.8. The van der Waals surface area contributed by atoms with Crippen molar-refractivity contribution < 1.29 is 9.18 Å². The minimum atomic E-state index is -0.397. The van der Waals surface area contributed by atoms with Crippen molar-refractivity contribution in [2.75, 3.05) is 23.7 Å². The number of carbonyl (C=O) groups is 1. The predicted octanol–water partition coefficient (Wildman–Crippen LogP) is 3.79. The Balaban J connectivity index is 1.55. The first kappa shape index (κ1) is 18.1. The van der Waals surface area contributed by atoms with E-state index < -0.39 is 6.03 Å². The van der Waals surface area contributed by atoms with Crippen molar-refractivity contribution in [2.24, 2.45) is 0 Å². The number of anilines is 2. The molecule has 3 N–H and O–H groups in total. The molecule has 7 heteroatoms. The Bertz CT molecular complexity index is 1010. The number of halogens is 1. The zero-order valence-corrected chi connectivity index (χ0v) is 14.7. The van der Waals surface area contributed by atoms with Gasteiger partial charge in [0.05, 0.1) is 11.1 Å². The summed E-state index contributed by atoms with van der Waals surface area (Å²) in [7, 11) is 0. The Morgan fingerprint density at radius 1 is 1.15 bits per heavy atom. The fraction of sp³-hybridized carbons (Fsp3) is 0.150. The largest absolute Gasteiger partial charge is 0.367 e. The van der Waals surface area contributed by atoms with Gasteiger partial charge in [0.15, 0.2) is 0 Å². The SMILES string of the molecule is Cc1ccc2nc(NCCNC(=O)Nc3ccc(F)cc3)c(C#N)cc2c1. The molecular weight excluding hydrogens is 345 g/mol. The van der Waals surface area contributed by atoms with Crippen LogP contribution in [-0.2, 0) is 0 Å². The van der Waals surface area contributed by atoms with E-state index in [0.29, 0.717) is 30.2 Å². The van der Waals surface area contributed by atoms with Crippen LogP contribution >= 0.6 is 0 Å². The third-order valence-electron chi connectivity index (χ3n) is 3.90. The smallest absolute Gasteiger partial charge is 0.319 e. The molecule has 0 unspecified atom stereocenters. The molecule has 0 radical (unpaired) electrons. The maximum absolute atomic E-state index is 12.8. The molecule has 0 saturated carbocycles. The van der Waals surface area contributed by atoms with Gasteiger partial charge in [0.1, 0.15) is 17.7 Å². The van der Waals surface area contributed by atoms with Gasteiger partial charge in [0.25, 0.3) is 0 Å². The Morgan fingerprint density at radius 2 is 1.93 bits per heavy atom. The number of hydrogen-bond donors (Lipinski definition) is 3. The predicted molar refractivity (Wildman–Crippen MR) is 103 cm³/mol. The van der Waals surface area contributed by atoms with Gasteiger partial charge in [-0.3, -0.25) is 0 Å². The lowest BCUT2D eigenvalue weighted by Gasteiger charge is -2.11. The summed E-state index contributed by atoms with van der Waals surface area (Å²) in [5.74, 6) is 0.117. The molecule has 0 aliphatic rings. The zero-order chi connectivity index (χ0) is 19.2. The highest BCUT2D eigenvalue weighted by Crippen LogP contribution is 2.20. The highest BCUT2D eigenvalue weighted by Gasteiger charge is 2.07. The van der Waals surface area contributed by atoms with Crippen LogP contribution in [0.5, 0.6) is 0 Å². The zero-order valence-electron chi connectivity index (χ0n) is 14.7. The van der Waals surface area contributed by atoms with Gasteiger partial charge in [-0.15, -0.1) is 0 Å². The number of rotatable bonds is 5. The molecule has 2 aromatic carbocycles. The van der Waals surface area contributed by atoms with Crippen molar-refractivity contribution >= 4 is 28.4 Å². The number of benzene rings is 2. The van der Waals surface area contributed by atoms with Crippen LogP contribution in [0.4, 0.5) is 20.7 Å². The fourth-order valence-electron chi connectivity index (χ4n) is 2.58. The van der Waals surface area contributed by atoms with Crippen molar-refractivity contribution in [1.29, 1.82) is 5.26 Å². The van der Waals surface area contributed by atoms with Gasteiger partial charge < -0.3 is 16.0 Å². The molecule has 2 amide bonds. The molecule has 0 bridgehead atoms. The van der Waals surface area contributed by atoms with Crippen molar-refractivity contribution in [1.82, 2.24) is 10.3 Å². The summed E-state index contributed by atoms with van der Waals surface area (Å²) in [6, 6.07) is 14.9. The van der Waals surface area contributed by atoms with Crippen LogP contribution in [0, 0.1) is 24.1 Å². The first-order valence-electron chi connectivity index (χ1n) is 8.41. The summed E-state index contributed by atoms with van der Waals surface area (Å²) in [6.45, 7) is 2.71. The van der Waals surface area contributed by atoms with Gasteiger partial charge in [0, 0.05) is 24.2 Å². The summed E-state index contributed by atoms with van der Waals surface area (Å²) in [4.78, 5) is 16.3. The van der Waals surface area contributed by atoms with Gasteiger partial charge in [-0.2, -0.15) is 5.26 Å². The van der Waals surface area contributed by atoms with Crippen molar-refractivity contribution in [3.8, 4) is 6.07 Å². The third-order valence-corrected chi connectivity index (χ3v) is 3.90. The van der Waals surface area contributed by atoms with Crippen molar-refractivity contribution in [3.63, 3.8) is 0 Å². The van der Waals surface area contributed by atoms with Gasteiger partial charge in [0.2, 0.25) is 0 Å². The molecule has 27 heavy (non-hydrogen) atoms. The van der Waals surface area contributed by atoms with Gasteiger partial charge in [-0.05, 0) is 49.4 Å². The molecule has 3 rings (SSSR count). The Morgan fingerprint density at radius 3 is 2.67 bits per heavy atom. The van der Waals surface area contributed by atoms with Crippen LogP contribution in [0.1, 0.15) is 11.1 Å². The summed E-state index contributed by atoms with van der Waals surface area (Å²) in [5.41, 5.74) is 2.85. The molecule has 136 valence electrons. The first-order chi connectivity index (χ1) is 13.0. The highest BCUT2D eigenvalue weighted by molar-refractivity contribution is 5.89. The molecule has 6 nitrogen and oxygen atoms in total. The second-order valence-electron chi connectivity index (χ2n) is 6.01. The lowest BCUT2D eigenvalue weighted by Crippen LogP contribution is -2.32. The highest BCUT2D eigenvalue weighted by atomic mass is 19.1. The number of amides is 2. The van der Waals surface area contributed by atoms with Crippen molar-refractivity contribution in [3.05, 3.63) is 65.5 Å². The standard InChI is InChI=1S/C20H18FN5O/c1-13-2-7-18-14(10-13)11-15(12-22)19(26-18)23-8-9-24-20(27)25-17-5-3-16(21)4-6-17/h2-7,10-11H,8-9H2,1H3,(H,23,26)(H2,24,25,27). The molecule has 3 aromatic rings. The third kappa shape index (κ3) is 4.70. The Labute approximate surface area is 156 Å². The average molecular weight is 363 g/mol. The minimum absolute atomic E-state index is 0.325.